The lowest BCUT2D eigenvalue weighted by atomic mass is 10.2. The van der Waals surface area contributed by atoms with Crippen LogP contribution in [0, 0.1) is 0 Å². The smallest absolute Gasteiger partial charge is 0.0742 e. The van der Waals surface area contributed by atoms with E-state index in [1.807, 2.05) is 16.9 Å². The van der Waals surface area contributed by atoms with Crippen LogP contribution in [0.3, 0.4) is 0 Å². The minimum Gasteiger partial charge on any atom is -0.393 e. The maximum Gasteiger partial charge on any atom is 0.0742 e. The fourth-order valence-corrected chi connectivity index (χ4v) is 1.60. The molecule has 1 atom stereocenters. The van der Waals surface area contributed by atoms with Crippen molar-refractivity contribution in [2.45, 2.75) is 25.9 Å². The summed E-state index contributed by atoms with van der Waals surface area (Å²) in [7, 11) is 2.08. The third-order valence-corrected chi connectivity index (χ3v) is 2.66. The highest BCUT2D eigenvalue weighted by Gasteiger charge is 2.09. The average molecular weight is 226 g/mol. The molecule has 0 aromatic carbocycles. The molecule has 1 unspecified atom stereocenters. The third-order valence-electron chi connectivity index (χ3n) is 2.49. The van der Waals surface area contributed by atoms with E-state index in [9.17, 15) is 0 Å². The average Bonchev–Trinajstić information content (AvgIpc) is 2.65. The van der Waals surface area contributed by atoms with Gasteiger partial charge in [0, 0.05) is 31.4 Å². The number of nitrogens with two attached hydrogens (primary N) is 1. The van der Waals surface area contributed by atoms with Crippen LogP contribution in [0.4, 0.5) is 0 Å². The van der Waals surface area contributed by atoms with E-state index in [0.717, 1.165) is 19.5 Å². The topological polar surface area (TPSA) is 47.1 Å². The van der Waals surface area contributed by atoms with Crippen molar-refractivity contribution in [1.82, 2.24) is 14.7 Å². The lowest BCUT2D eigenvalue weighted by molar-refractivity contribution is 0.249. The first-order valence-electron chi connectivity index (χ1n) is 5.05. The second-order valence-electron chi connectivity index (χ2n) is 3.77. The first kappa shape index (κ1) is 12.1. The van der Waals surface area contributed by atoms with Crippen LogP contribution < -0.4 is 5.73 Å². The Labute approximate surface area is 96.1 Å². The molecule has 0 aliphatic heterocycles. The molecule has 0 bridgehead atoms. The van der Waals surface area contributed by atoms with Gasteiger partial charge in [0.05, 0.1) is 11.5 Å². The lowest BCUT2D eigenvalue weighted by Crippen LogP contribution is -2.34. The van der Waals surface area contributed by atoms with Crippen LogP contribution in [0.25, 0.3) is 0 Å². The van der Waals surface area contributed by atoms with Gasteiger partial charge < -0.3 is 10.6 Å². The van der Waals surface area contributed by atoms with Gasteiger partial charge in [-0.25, -0.2) is 0 Å². The van der Waals surface area contributed by atoms with Crippen LogP contribution in [0.2, 0.25) is 0 Å². The fourth-order valence-electron chi connectivity index (χ4n) is 1.36. The maximum absolute atomic E-state index is 5.51. The van der Waals surface area contributed by atoms with E-state index >= 15 is 0 Å². The molecule has 0 saturated heterocycles. The molecule has 5 heteroatoms. The van der Waals surface area contributed by atoms with E-state index in [0.29, 0.717) is 11.0 Å². The molecule has 0 aliphatic carbocycles. The molecule has 1 rings (SSSR count). The van der Waals surface area contributed by atoms with E-state index in [1.54, 1.807) is 6.20 Å². The summed E-state index contributed by atoms with van der Waals surface area (Å²) >= 11 is 4.89. The van der Waals surface area contributed by atoms with Crippen LogP contribution in [0.5, 0.6) is 0 Å². The summed E-state index contributed by atoms with van der Waals surface area (Å²) in [6.45, 7) is 3.97. The highest BCUT2D eigenvalue weighted by Crippen LogP contribution is 2.01. The van der Waals surface area contributed by atoms with Gasteiger partial charge in [0.2, 0.25) is 0 Å². The normalized spacial score (nSPS) is 13.0. The quantitative estimate of drug-likeness (QED) is 0.732. The van der Waals surface area contributed by atoms with Crippen LogP contribution in [-0.4, -0.2) is 39.3 Å². The summed E-state index contributed by atoms with van der Waals surface area (Å²) in [5, 5.41) is 4.15. The van der Waals surface area contributed by atoms with Crippen LogP contribution in [0.15, 0.2) is 18.5 Å². The largest absolute Gasteiger partial charge is 0.393 e. The summed E-state index contributed by atoms with van der Waals surface area (Å²) in [5.74, 6) is 0. The minimum absolute atomic E-state index is 0.387. The van der Waals surface area contributed by atoms with Gasteiger partial charge in [-0.15, -0.1) is 0 Å². The Hall–Kier alpha value is -0.940. The van der Waals surface area contributed by atoms with Gasteiger partial charge in [-0.3, -0.25) is 4.68 Å². The molecule has 15 heavy (non-hydrogen) atoms. The van der Waals surface area contributed by atoms with Gasteiger partial charge in [0.15, 0.2) is 0 Å². The van der Waals surface area contributed by atoms with Gasteiger partial charge in [-0.1, -0.05) is 12.2 Å². The molecule has 1 aromatic heterocycles. The van der Waals surface area contributed by atoms with Crippen molar-refractivity contribution < 1.29 is 0 Å². The number of nitrogens with zero attached hydrogens (tertiary/aromatic N) is 3. The molecule has 1 heterocycles. The Morgan fingerprint density at radius 3 is 2.93 bits per heavy atom. The Kier molecular flexibility index (Phi) is 4.71. The zero-order valence-corrected chi connectivity index (χ0v) is 10.1. The van der Waals surface area contributed by atoms with Crippen LogP contribution in [0.1, 0.15) is 13.3 Å². The standard InChI is InChI=1S/C10H18N4S/c1-9(8-10(11)15)13(2)6-7-14-5-3-4-12-14/h3-5,9H,6-8H2,1-2H3,(H2,11,15). The van der Waals surface area contributed by atoms with Crippen molar-refractivity contribution in [3.8, 4) is 0 Å². The Morgan fingerprint density at radius 2 is 2.40 bits per heavy atom. The summed E-state index contributed by atoms with van der Waals surface area (Å²) in [4.78, 5) is 2.81. The fraction of sp³-hybridized carbons (Fsp3) is 0.600. The summed E-state index contributed by atoms with van der Waals surface area (Å²) < 4.78 is 1.92. The molecular weight excluding hydrogens is 208 g/mol. The van der Waals surface area contributed by atoms with Crippen molar-refractivity contribution in [3.05, 3.63) is 18.5 Å². The SMILES string of the molecule is CC(CC(N)=S)N(C)CCn1cccn1. The van der Waals surface area contributed by atoms with Crippen molar-refractivity contribution in [2.24, 2.45) is 5.73 Å². The summed E-state index contributed by atoms with van der Waals surface area (Å²) in [6.07, 6.45) is 4.52. The van der Waals surface area contributed by atoms with E-state index in [2.05, 4.69) is 24.0 Å². The predicted octanol–water partition coefficient (Wildman–Crippen LogP) is 0.880. The number of rotatable bonds is 6. The molecule has 2 N–H and O–H groups in total. The minimum atomic E-state index is 0.387. The van der Waals surface area contributed by atoms with Gasteiger partial charge in [0.25, 0.3) is 0 Å². The first-order chi connectivity index (χ1) is 7.09. The highest BCUT2D eigenvalue weighted by atomic mass is 32.1. The van der Waals surface area contributed by atoms with Gasteiger partial charge >= 0.3 is 0 Å². The number of aromatic nitrogens is 2. The molecule has 0 fully saturated rings. The Morgan fingerprint density at radius 1 is 1.67 bits per heavy atom. The van der Waals surface area contributed by atoms with E-state index in [1.165, 1.54) is 0 Å². The molecule has 0 saturated carbocycles. The molecule has 4 nitrogen and oxygen atoms in total. The van der Waals surface area contributed by atoms with E-state index in [-0.39, 0.29) is 0 Å². The second kappa shape index (κ2) is 5.82. The van der Waals surface area contributed by atoms with Gasteiger partial charge in [-0.05, 0) is 20.0 Å². The second-order valence-corrected chi connectivity index (χ2v) is 4.29. The molecule has 0 radical (unpaired) electrons. The third kappa shape index (κ3) is 4.40. The summed E-state index contributed by atoms with van der Waals surface area (Å²) in [5.41, 5.74) is 5.51. The van der Waals surface area contributed by atoms with E-state index < -0.39 is 0 Å². The molecule has 84 valence electrons. The molecule has 1 aromatic rings. The molecular formula is C10H18N4S. The zero-order chi connectivity index (χ0) is 11.3. The molecule has 0 aliphatic rings. The number of hydrogen-bond acceptors (Lipinski definition) is 3. The number of thiocarbonyl (C=S) groups is 1. The maximum atomic E-state index is 5.51. The predicted molar refractivity (Wildman–Crippen MR) is 65.7 cm³/mol. The highest BCUT2D eigenvalue weighted by molar-refractivity contribution is 7.80. The first-order valence-corrected chi connectivity index (χ1v) is 5.46. The van der Waals surface area contributed by atoms with Crippen LogP contribution in [-0.2, 0) is 6.54 Å². The lowest BCUT2D eigenvalue weighted by Gasteiger charge is -2.24. The summed E-state index contributed by atoms with van der Waals surface area (Å²) in [6, 6.07) is 2.32. The van der Waals surface area contributed by atoms with Crippen LogP contribution >= 0.6 is 12.2 Å². The van der Waals surface area contributed by atoms with Crippen molar-refractivity contribution >= 4 is 17.2 Å². The monoisotopic (exact) mass is 226 g/mol. The zero-order valence-electron chi connectivity index (χ0n) is 9.26. The Balaban J connectivity index is 2.29. The van der Waals surface area contributed by atoms with E-state index in [4.69, 9.17) is 18.0 Å². The van der Waals surface area contributed by atoms with Crippen molar-refractivity contribution in [2.75, 3.05) is 13.6 Å². The molecule has 0 spiro atoms. The van der Waals surface area contributed by atoms with Crippen molar-refractivity contribution in [3.63, 3.8) is 0 Å². The van der Waals surface area contributed by atoms with Crippen molar-refractivity contribution in [1.29, 1.82) is 0 Å². The number of likely N-dealkylation sites (N-methyl/N-ethyl adjacent to an activating group) is 1. The Bertz CT molecular complexity index is 296. The molecule has 0 amide bonds. The number of hydrogen-bond donors (Lipinski definition) is 1. The van der Waals surface area contributed by atoms with Gasteiger partial charge in [0.1, 0.15) is 0 Å². The van der Waals surface area contributed by atoms with Gasteiger partial charge in [-0.2, -0.15) is 5.10 Å².